The van der Waals surface area contributed by atoms with Crippen LogP contribution in [-0.4, -0.2) is 20.8 Å². The lowest BCUT2D eigenvalue weighted by atomic mass is 10.2. The van der Waals surface area contributed by atoms with Crippen molar-refractivity contribution in [3.05, 3.63) is 40.6 Å². The molecule has 1 aromatic carbocycles. The van der Waals surface area contributed by atoms with Crippen molar-refractivity contribution < 1.29 is 4.79 Å². The van der Waals surface area contributed by atoms with E-state index in [1.54, 1.807) is 10.9 Å². The molecule has 0 aliphatic carbocycles. The van der Waals surface area contributed by atoms with Crippen molar-refractivity contribution >= 4 is 21.7 Å². The molecule has 0 amide bonds. The standard InChI is InChI=1S/C11H10BrN3O/c1-8(16)6-9-7-15(14-13-9)11-5-3-2-4-10(11)12/h2-5,7H,6H2,1H3. The molecule has 1 heterocycles. The Hall–Kier alpha value is -1.49. The molecule has 4 nitrogen and oxygen atoms in total. The van der Waals surface area contributed by atoms with Crippen LogP contribution in [0.2, 0.25) is 0 Å². The molecule has 0 atom stereocenters. The molecule has 0 unspecified atom stereocenters. The lowest BCUT2D eigenvalue weighted by Gasteiger charge is -2.01. The largest absolute Gasteiger partial charge is 0.300 e. The van der Waals surface area contributed by atoms with Gasteiger partial charge in [-0.1, -0.05) is 17.3 Å². The van der Waals surface area contributed by atoms with Gasteiger partial charge in [0.1, 0.15) is 5.78 Å². The predicted octanol–water partition coefficient (Wildman–Crippen LogP) is 2.16. The quantitative estimate of drug-likeness (QED) is 0.865. The first kappa shape index (κ1) is 11.0. The predicted molar refractivity (Wildman–Crippen MR) is 63.4 cm³/mol. The van der Waals surface area contributed by atoms with Crippen molar-refractivity contribution in [3.8, 4) is 5.69 Å². The number of benzene rings is 1. The molecular formula is C11H10BrN3O. The first-order chi connectivity index (χ1) is 7.66. The molecule has 2 rings (SSSR count). The summed E-state index contributed by atoms with van der Waals surface area (Å²) in [6, 6.07) is 7.71. The number of hydrogen-bond acceptors (Lipinski definition) is 3. The summed E-state index contributed by atoms with van der Waals surface area (Å²) in [6.45, 7) is 1.54. The second-order valence-electron chi connectivity index (χ2n) is 3.48. The van der Waals surface area contributed by atoms with E-state index in [0.29, 0.717) is 12.1 Å². The minimum atomic E-state index is 0.0826. The summed E-state index contributed by atoms with van der Waals surface area (Å²) in [7, 11) is 0. The van der Waals surface area contributed by atoms with Gasteiger partial charge in [-0.25, -0.2) is 4.68 Å². The third-order valence-electron chi connectivity index (χ3n) is 2.07. The third kappa shape index (κ3) is 2.36. The van der Waals surface area contributed by atoms with Crippen LogP contribution in [0.4, 0.5) is 0 Å². The molecule has 1 aromatic heterocycles. The van der Waals surface area contributed by atoms with Crippen molar-refractivity contribution in [2.45, 2.75) is 13.3 Å². The van der Waals surface area contributed by atoms with Gasteiger partial charge in [0.15, 0.2) is 0 Å². The number of carbonyl (C=O) groups is 1. The van der Waals surface area contributed by atoms with Crippen molar-refractivity contribution in [2.75, 3.05) is 0 Å². The number of carbonyl (C=O) groups excluding carboxylic acids is 1. The lowest BCUT2D eigenvalue weighted by Crippen LogP contribution is -1.96. The number of nitrogens with zero attached hydrogens (tertiary/aromatic N) is 3. The number of para-hydroxylation sites is 1. The Bertz CT molecular complexity index is 521. The molecule has 0 aliphatic rings. The van der Waals surface area contributed by atoms with Crippen LogP contribution in [0.5, 0.6) is 0 Å². The highest BCUT2D eigenvalue weighted by Crippen LogP contribution is 2.19. The summed E-state index contributed by atoms with van der Waals surface area (Å²) in [5.41, 5.74) is 1.59. The summed E-state index contributed by atoms with van der Waals surface area (Å²) in [5.74, 6) is 0.0826. The number of ketones is 1. The van der Waals surface area contributed by atoms with Crippen molar-refractivity contribution in [1.29, 1.82) is 0 Å². The van der Waals surface area contributed by atoms with E-state index in [9.17, 15) is 4.79 Å². The Morgan fingerprint density at radius 2 is 2.19 bits per heavy atom. The fourth-order valence-electron chi connectivity index (χ4n) is 1.39. The highest BCUT2D eigenvalue weighted by atomic mass is 79.9. The van der Waals surface area contributed by atoms with Gasteiger partial charge in [-0.15, -0.1) is 5.10 Å². The topological polar surface area (TPSA) is 47.8 Å². The Balaban J connectivity index is 2.32. The summed E-state index contributed by atoms with van der Waals surface area (Å²) in [6.07, 6.45) is 2.09. The number of hydrogen-bond donors (Lipinski definition) is 0. The summed E-state index contributed by atoms with van der Waals surface area (Å²) in [5, 5.41) is 7.93. The summed E-state index contributed by atoms with van der Waals surface area (Å²) >= 11 is 3.44. The molecule has 0 bridgehead atoms. The number of Topliss-reactive ketones (excluding diaryl/α,β-unsaturated/α-hetero) is 1. The smallest absolute Gasteiger partial charge is 0.135 e. The normalized spacial score (nSPS) is 10.4. The van der Waals surface area contributed by atoms with Gasteiger partial charge in [0, 0.05) is 4.47 Å². The average Bonchev–Trinajstić information content (AvgIpc) is 2.66. The van der Waals surface area contributed by atoms with Crippen molar-refractivity contribution in [1.82, 2.24) is 15.0 Å². The van der Waals surface area contributed by atoms with E-state index in [4.69, 9.17) is 0 Å². The molecule has 0 saturated heterocycles. The molecule has 82 valence electrons. The molecule has 0 saturated carbocycles. The van der Waals surface area contributed by atoms with Crippen molar-refractivity contribution in [3.63, 3.8) is 0 Å². The molecule has 0 fully saturated rings. The van der Waals surface area contributed by atoms with E-state index >= 15 is 0 Å². The number of halogens is 1. The minimum absolute atomic E-state index is 0.0826. The lowest BCUT2D eigenvalue weighted by molar-refractivity contribution is -0.116. The third-order valence-corrected chi connectivity index (χ3v) is 2.74. The molecule has 16 heavy (non-hydrogen) atoms. The Kier molecular flexibility index (Phi) is 3.14. The van der Waals surface area contributed by atoms with Gasteiger partial charge >= 0.3 is 0 Å². The SMILES string of the molecule is CC(=O)Cc1cn(-c2ccccc2Br)nn1. The van der Waals surface area contributed by atoms with Crippen LogP contribution in [0.15, 0.2) is 34.9 Å². The van der Waals surface area contributed by atoms with Gasteiger partial charge in [0.05, 0.1) is 24.0 Å². The first-order valence-electron chi connectivity index (χ1n) is 4.82. The zero-order chi connectivity index (χ0) is 11.5. The van der Waals surface area contributed by atoms with E-state index in [-0.39, 0.29) is 5.78 Å². The minimum Gasteiger partial charge on any atom is -0.300 e. The van der Waals surface area contributed by atoms with Crippen LogP contribution in [0.1, 0.15) is 12.6 Å². The van der Waals surface area contributed by atoms with Gasteiger partial charge in [0.25, 0.3) is 0 Å². The maximum absolute atomic E-state index is 10.9. The zero-order valence-electron chi connectivity index (χ0n) is 8.72. The molecule has 0 radical (unpaired) electrons. The summed E-state index contributed by atoms with van der Waals surface area (Å²) in [4.78, 5) is 10.9. The van der Waals surface area contributed by atoms with E-state index < -0.39 is 0 Å². The van der Waals surface area contributed by atoms with Crippen LogP contribution >= 0.6 is 15.9 Å². The van der Waals surface area contributed by atoms with Gasteiger partial charge in [0.2, 0.25) is 0 Å². The Morgan fingerprint density at radius 1 is 1.44 bits per heavy atom. The summed E-state index contributed by atoms with van der Waals surface area (Å²) < 4.78 is 2.59. The van der Waals surface area contributed by atoms with Gasteiger partial charge < -0.3 is 0 Å². The molecule has 2 aromatic rings. The van der Waals surface area contributed by atoms with E-state index in [2.05, 4.69) is 26.2 Å². The average molecular weight is 280 g/mol. The van der Waals surface area contributed by atoms with Crippen LogP contribution in [0.3, 0.4) is 0 Å². The number of aromatic nitrogens is 3. The Morgan fingerprint density at radius 3 is 2.88 bits per heavy atom. The number of rotatable bonds is 3. The zero-order valence-corrected chi connectivity index (χ0v) is 10.3. The second-order valence-corrected chi connectivity index (χ2v) is 4.34. The van der Waals surface area contributed by atoms with Crippen molar-refractivity contribution in [2.24, 2.45) is 0 Å². The molecule has 0 spiro atoms. The highest BCUT2D eigenvalue weighted by molar-refractivity contribution is 9.10. The Labute approximate surface area is 101 Å². The molecular weight excluding hydrogens is 270 g/mol. The van der Waals surface area contributed by atoms with Crippen LogP contribution in [0, 0.1) is 0 Å². The van der Waals surface area contributed by atoms with Crippen LogP contribution < -0.4 is 0 Å². The fraction of sp³-hybridized carbons (Fsp3) is 0.182. The van der Waals surface area contributed by atoms with Crippen LogP contribution in [0.25, 0.3) is 5.69 Å². The monoisotopic (exact) mass is 279 g/mol. The van der Waals surface area contributed by atoms with Crippen LogP contribution in [-0.2, 0) is 11.2 Å². The fourth-order valence-corrected chi connectivity index (χ4v) is 1.86. The maximum Gasteiger partial charge on any atom is 0.135 e. The van der Waals surface area contributed by atoms with E-state index in [1.165, 1.54) is 6.92 Å². The molecule has 5 heteroatoms. The second kappa shape index (κ2) is 4.57. The highest BCUT2D eigenvalue weighted by Gasteiger charge is 2.06. The van der Waals surface area contributed by atoms with E-state index in [1.807, 2.05) is 24.3 Å². The van der Waals surface area contributed by atoms with Gasteiger partial charge in [-0.2, -0.15) is 0 Å². The van der Waals surface area contributed by atoms with E-state index in [0.717, 1.165) is 10.2 Å². The first-order valence-corrected chi connectivity index (χ1v) is 5.61. The molecule has 0 aliphatic heterocycles. The van der Waals surface area contributed by atoms with Gasteiger partial charge in [-0.05, 0) is 35.0 Å². The van der Waals surface area contributed by atoms with Gasteiger partial charge in [-0.3, -0.25) is 4.79 Å². The maximum atomic E-state index is 10.9. The molecule has 0 N–H and O–H groups in total.